The van der Waals surface area contributed by atoms with E-state index in [2.05, 4.69) is 54.1 Å². The molecule has 3 aromatic rings. The predicted octanol–water partition coefficient (Wildman–Crippen LogP) is 3.23. The van der Waals surface area contributed by atoms with E-state index >= 15 is 0 Å². The average Bonchev–Trinajstić information content (AvgIpc) is 2.90. The standard InChI is InChI=1S/C16H15BrN4OS/c17-10-1-2-13-11(5-10)9(6-18-13)7-21-4-3-14-12(8-21)15(22)20-16(23)19-14/h1-2,5-6,18H,3-4,7-8H2,(H2,19,20,22,23). The van der Waals surface area contributed by atoms with E-state index in [1.807, 2.05) is 6.07 Å². The maximum absolute atomic E-state index is 12.1. The molecule has 0 atom stereocenters. The van der Waals surface area contributed by atoms with Gasteiger partial charge < -0.3 is 9.97 Å². The molecule has 0 radical (unpaired) electrons. The van der Waals surface area contributed by atoms with Gasteiger partial charge in [-0.2, -0.15) is 0 Å². The van der Waals surface area contributed by atoms with Crippen LogP contribution in [-0.4, -0.2) is 26.4 Å². The van der Waals surface area contributed by atoms with Crippen LogP contribution in [0.4, 0.5) is 0 Å². The number of hydrogen-bond acceptors (Lipinski definition) is 3. The molecular weight excluding hydrogens is 376 g/mol. The fourth-order valence-electron chi connectivity index (χ4n) is 3.17. The van der Waals surface area contributed by atoms with Crippen molar-refractivity contribution < 1.29 is 0 Å². The van der Waals surface area contributed by atoms with Gasteiger partial charge in [-0.15, -0.1) is 0 Å². The number of aromatic amines is 3. The summed E-state index contributed by atoms with van der Waals surface area (Å²) in [4.78, 5) is 23.5. The van der Waals surface area contributed by atoms with Crippen molar-refractivity contribution in [1.29, 1.82) is 0 Å². The fraction of sp³-hybridized carbons (Fsp3) is 0.250. The number of nitrogens with zero attached hydrogens (tertiary/aromatic N) is 1. The van der Waals surface area contributed by atoms with Gasteiger partial charge in [-0.1, -0.05) is 15.9 Å². The van der Waals surface area contributed by atoms with Crippen LogP contribution >= 0.6 is 28.1 Å². The normalized spacial score (nSPS) is 15.0. The van der Waals surface area contributed by atoms with E-state index in [-0.39, 0.29) is 5.56 Å². The molecule has 3 heterocycles. The third-order valence-electron chi connectivity index (χ3n) is 4.31. The molecule has 0 saturated carbocycles. The minimum absolute atomic E-state index is 0.0740. The molecule has 1 aromatic carbocycles. The summed E-state index contributed by atoms with van der Waals surface area (Å²) >= 11 is 8.57. The summed E-state index contributed by atoms with van der Waals surface area (Å²) in [6.45, 7) is 2.35. The first kappa shape index (κ1) is 14.9. The van der Waals surface area contributed by atoms with Gasteiger partial charge in [-0.25, -0.2) is 0 Å². The van der Waals surface area contributed by atoms with Crippen LogP contribution in [0.3, 0.4) is 0 Å². The van der Waals surface area contributed by atoms with E-state index in [1.54, 1.807) is 0 Å². The van der Waals surface area contributed by atoms with Crippen LogP contribution in [0.1, 0.15) is 16.8 Å². The molecule has 0 spiro atoms. The molecule has 0 amide bonds. The molecule has 0 fully saturated rings. The monoisotopic (exact) mass is 390 g/mol. The number of benzene rings is 1. The van der Waals surface area contributed by atoms with Gasteiger partial charge in [0.2, 0.25) is 0 Å². The van der Waals surface area contributed by atoms with Crippen LogP contribution in [0, 0.1) is 4.77 Å². The molecule has 1 aliphatic heterocycles. The zero-order valence-corrected chi connectivity index (χ0v) is 14.7. The van der Waals surface area contributed by atoms with Gasteiger partial charge in [-0.3, -0.25) is 14.7 Å². The summed E-state index contributed by atoms with van der Waals surface area (Å²) in [7, 11) is 0. The van der Waals surface area contributed by atoms with E-state index < -0.39 is 0 Å². The molecule has 2 aromatic heterocycles. The van der Waals surface area contributed by atoms with Crippen LogP contribution in [0.15, 0.2) is 33.7 Å². The summed E-state index contributed by atoms with van der Waals surface area (Å²) < 4.78 is 1.47. The Morgan fingerprint density at radius 1 is 1.30 bits per heavy atom. The Hall–Kier alpha value is -1.70. The second-order valence-electron chi connectivity index (χ2n) is 5.83. The first-order valence-corrected chi connectivity index (χ1v) is 8.62. The zero-order valence-electron chi connectivity index (χ0n) is 12.3. The van der Waals surface area contributed by atoms with Gasteiger partial charge in [0.1, 0.15) is 0 Å². The molecule has 0 bridgehead atoms. The quantitative estimate of drug-likeness (QED) is 0.588. The molecule has 3 N–H and O–H groups in total. The Kier molecular flexibility index (Phi) is 3.71. The van der Waals surface area contributed by atoms with Crippen LogP contribution in [-0.2, 0) is 19.5 Å². The van der Waals surface area contributed by atoms with Crippen molar-refractivity contribution in [2.45, 2.75) is 19.5 Å². The number of H-pyrrole nitrogens is 3. The smallest absolute Gasteiger partial charge is 0.256 e. The van der Waals surface area contributed by atoms with Crippen molar-refractivity contribution >= 4 is 39.1 Å². The minimum atomic E-state index is -0.0740. The Morgan fingerprint density at radius 3 is 3.04 bits per heavy atom. The maximum atomic E-state index is 12.1. The SMILES string of the molecule is O=c1[nH]c(=S)[nH]c2c1CN(Cc1c[nH]c3ccc(Br)cc13)CC2. The van der Waals surface area contributed by atoms with Gasteiger partial charge in [0.05, 0.1) is 5.56 Å². The lowest BCUT2D eigenvalue weighted by molar-refractivity contribution is 0.242. The largest absolute Gasteiger partial charge is 0.361 e. The fourth-order valence-corrected chi connectivity index (χ4v) is 3.75. The van der Waals surface area contributed by atoms with E-state index in [1.165, 1.54) is 10.9 Å². The van der Waals surface area contributed by atoms with Crippen LogP contribution in [0.25, 0.3) is 10.9 Å². The highest BCUT2D eigenvalue weighted by Crippen LogP contribution is 2.25. The molecule has 0 unspecified atom stereocenters. The number of aromatic nitrogens is 3. The summed E-state index contributed by atoms with van der Waals surface area (Å²) in [6, 6.07) is 6.23. The van der Waals surface area contributed by atoms with E-state index in [0.29, 0.717) is 11.3 Å². The van der Waals surface area contributed by atoms with Gasteiger partial charge in [0, 0.05) is 53.3 Å². The second kappa shape index (κ2) is 5.74. The summed E-state index contributed by atoms with van der Waals surface area (Å²) in [5, 5.41) is 1.21. The number of halogens is 1. The van der Waals surface area contributed by atoms with Crippen LogP contribution in [0.5, 0.6) is 0 Å². The zero-order chi connectivity index (χ0) is 16.0. The number of nitrogens with one attached hydrogen (secondary N) is 3. The van der Waals surface area contributed by atoms with Crippen LogP contribution in [0.2, 0.25) is 0 Å². The van der Waals surface area contributed by atoms with Crippen molar-refractivity contribution in [3.8, 4) is 0 Å². The van der Waals surface area contributed by atoms with Crippen molar-refractivity contribution in [2.24, 2.45) is 0 Å². The lowest BCUT2D eigenvalue weighted by Gasteiger charge is -2.27. The first-order valence-electron chi connectivity index (χ1n) is 7.42. The summed E-state index contributed by atoms with van der Waals surface area (Å²) in [5.74, 6) is 0. The molecule has 23 heavy (non-hydrogen) atoms. The molecule has 7 heteroatoms. The lowest BCUT2D eigenvalue weighted by atomic mass is 10.1. The van der Waals surface area contributed by atoms with Crippen molar-refractivity contribution in [3.63, 3.8) is 0 Å². The topological polar surface area (TPSA) is 67.7 Å². The third kappa shape index (κ3) is 2.80. The average molecular weight is 391 g/mol. The second-order valence-corrected chi connectivity index (χ2v) is 7.15. The Bertz CT molecular complexity index is 1000. The number of fused-ring (bicyclic) bond motifs is 2. The third-order valence-corrected chi connectivity index (χ3v) is 5.01. The maximum Gasteiger partial charge on any atom is 0.256 e. The molecule has 1 aliphatic rings. The Morgan fingerprint density at radius 2 is 2.17 bits per heavy atom. The predicted molar refractivity (Wildman–Crippen MR) is 96.1 cm³/mol. The van der Waals surface area contributed by atoms with Gasteiger partial charge in [-0.05, 0) is 36.0 Å². The highest BCUT2D eigenvalue weighted by molar-refractivity contribution is 9.10. The summed E-state index contributed by atoms with van der Waals surface area (Å²) in [6.07, 6.45) is 2.87. The molecule has 4 rings (SSSR count). The molecular formula is C16H15BrN4OS. The van der Waals surface area contributed by atoms with Crippen molar-refractivity contribution in [3.05, 3.63) is 60.8 Å². The minimum Gasteiger partial charge on any atom is -0.361 e. The van der Waals surface area contributed by atoms with E-state index in [9.17, 15) is 4.79 Å². The first-order chi connectivity index (χ1) is 11.1. The van der Waals surface area contributed by atoms with Crippen molar-refractivity contribution in [2.75, 3.05) is 6.54 Å². The lowest BCUT2D eigenvalue weighted by Crippen LogP contribution is -2.35. The number of hydrogen-bond donors (Lipinski definition) is 3. The molecule has 0 saturated heterocycles. The van der Waals surface area contributed by atoms with Crippen LogP contribution < -0.4 is 5.56 Å². The molecule has 0 aliphatic carbocycles. The highest BCUT2D eigenvalue weighted by atomic mass is 79.9. The Balaban J connectivity index is 1.64. The molecule has 118 valence electrons. The van der Waals surface area contributed by atoms with E-state index in [0.717, 1.165) is 40.8 Å². The summed E-state index contributed by atoms with van der Waals surface area (Å²) in [5.41, 5.74) is 4.06. The van der Waals surface area contributed by atoms with Crippen molar-refractivity contribution in [1.82, 2.24) is 19.9 Å². The van der Waals surface area contributed by atoms with E-state index in [4.69, 9.17) is 12.2 Å². The Labute approximate surface area is 145 Å². The molecule has 5 nitrogen and oxygen atoms in total. The van der Waals surface area contributed by atoms with Gasteiger partial charge >= 0.3 is 0 Å². The van der Waals surface area contributed by atoms with Gasteiger partial charge in [0.15, 0.2) is 4.77 Å². The highest BCUT2D eigenvalue weighted by Gasteiger charge is 2.20. The number of rotatable bonds is 2. The van der Waals surface area contributed by atoms with Gasteiger partial charge in [0.25, 0.3) is 5.56 Å².